The van der Waals surface area contributed by atoms with E-state index in [1.807, 2.05) is 24.3 Å². The van der Waals surface area contributed by atoms with Crippen LogP contribution in [0.5, 0.6) is 5.75 Å². The first-order valence-electron chi connectivity index (χ1n) is 8.59. The molecular formula is C18H30IN3O3. The number of methoxy groups -OCH3 is 1. The second-order valence-electron chi connectivity index (χ2n) is 5.86. The smallest absolute Gasteiger partial charge is 0.195 e. The molecule has 0 aromatic heterocycles. The van der Waals surface area contributed by atoms with Crippen LogP contribution in [0.3, 0.4) is 0 Å². The number of nitrogens with one attached hydrogen (secondary N) is 2. The van der Waals surface area contributed by atoms with Gasteiger partial charge in [-0.25, -0.2) is 0 Å². The monoisotopic (exact) mass is 463 g/mol. The molecule has 0 bridgehead atoms. The number of nitrogens with zero attached hydrogens (tertiary/aromatic N) is 1. The SMILES string of the molecule is CN=C(NCCOCC1CC1)Nc1cccc(OCCCOC)c1.I. The summed E-state index contributed by atoms with van der Waals surface area (Å²) in [6, 6.07) is 7.85. The van der Waals surface area contributed by atoms with Crippen molar-refractivity contribution in [1.29, 1.82) is 0 Å². The lowest BCUT2D eigenvalue weighted by molar-refractivity contribution is 0.129. The molecule has 7 heteroatoms. The molecule has 0 radical (unpaired) electrons. The molecule has 142 valence electrons. The van der Waals surface area contributed by atoms with E-state index in [4.69, 9.17) is 14.2 Å². The third-order valence-corrected chi connectivity index (χ3v) is 3.67. The third-order valence-electron chi connectivity index (χ3n) is 3.67. The van der Waals surface area contributed by atoms with E-state index in [1.165, 1.54) is 12.8 Å². The van der Waals surface area contributed by atoms with Gasteiger partial charge >= 0.3 is 0 Å². The predicted octanol–water partition coefficient (Wildman–Crippen LogP) is 3.13. The standard InChI is InChI=1S/C18H29N3O3.HI/c1-19-18(20-9-12-23-14-15-7-8-15)21-16-5-3-6-17(13-16)24-11-4-10-22-2;/h3,5-6,13,15H,4,7-12,14H2,1-2H3,(H2,19,20,21);1H. The van der Waals surface area contributed by atoms with Crippen molar-refractivity contribution < 1.29 is 14.2 Å². The Bertz CT molecular complexity index is 510. The van der Waals surface area contributed by atoms with Crippen LogP contribution in [0, 0.1) is 5.92 Å². The zero-order chi connectivity index (χ0) is 17.0. The quantitative estimate of drug-likeness (QED) is 0.229. The van der Waals surface area contributed by atoms with Crippen LogP contribution in [-0.4, -0.2) is 53.1 Å². The summed E-state index contributed by atoms with van der Waals surface area (Å²) in [7, 11) is 3.45. The number of ether oxygens (including phenoxy) is 3. The van der Waals surface area contributed by atoms with Crippen molar-refractivity contribution in [2.24, 2.45) is 10.9 Å². The first-order valence-corrected chi connectivity index (χ1v) is 8.59. The van der Waals surface area contributed by atoms with E-state index in [0.717, 1.165) is 42.9 Å². The Morgan fingerprint density at radius 2 is 2.08 bits per heavy atom. The van der Waals surface area contributed by atoms with E-state index in [-0.39, 0.29) is 24.0 Å². The average molecular weight is 463 g/mol. The van der Waals surface area contributed by atoms with E-state index >= 15 is 0 Å². The van der Waals surface area contributed by atoms with Gasteiger partial charge in [0.2, 0.25) is 0 Å². The third kappa shape index (κ3) is 9.86. The number of benzene rings is 1. The number of rotatable bonds is 11. The highest BCUT2D eigenvalue weighted by Crippen LogP contribution is 2.28. The molecule has 1 aromatic rings. The van der Waals surface area contributed by atoms with Crippen LogP contribution in [0.4, 0.5) is 5.69 Å². The zero-order valence-corrected chi connectivity index (χ0v) is 17.5. The van der Waals surface area contributed by atoms with Gasteiger partial charge in [-0.2, -0.15) is 0 Å². The van der Waals surface area contributed by atoms with Crippen molar-refractivity contribution in [3.8, 4) is 5.75 Å². The minimum absolute atomic E-state index is 0. The normalized spacial score (nSPS) is 13.9. The van der Waals surface area contributed by atoms with Crippen molar-refractivity contribution in [2.45, 2.75) is 19.3 Å². The number of hydrogen-bond acceptors (Lipinski definition) is 4. The largest absolute Gasteiger partial charge is 0.493 e. The molecular weight excluding hydrogens is 433 g/mol. The highest BCUT2D eigenvalue weighted by atomic mass is 127. The topological polar surface area (TPSA) is 64.1 Å². The summed E-state index contributed by atoms with van der Waals surface area (Å²) in [4.78, 5) is 4.23. The minimum atomic E-state index is 0. The van der Waals surface area contributed by atoms with Crippen LogP contribution in [-0.2, 0) is 9.47 Å². The summed E-state index contributed by atoms with van der Waals surface area (Å²) in [5, 5.41) is 6.51. The second-order valence-corrected chi connectivity index (χ2v) is 5.86. The molecule has 0 aliphatic heterocycles. The van der Waals surface area contributed by atoms with E-state index in [0.29, 0.717) is 19.8 Å². The number of guanidine groups is 1. The highest BCUT2D eigenvalue weighted by molar-refractivity contribution is 14.0. The summed E-state index contributed by atoms with van der Waals surface area (Å²) in [5.41, 5.74) is 0.936. The Morgan fingerprint density at radius 1 is 1.24 bits per heavy atom. The lowest BCUT2D eigenvalue weighted by Gasteiger charge is -2.13. The number of anilines is 1. The molecule has 1 fully saturated rings. The Hall–Kier alpha value is -1.06. The van der Waals surface area contributed by atoms with Gasteiger partial charge in [0.15, 0.2) is 5.96 Å². The maximum Gasteiger partial charge on any atom is 0.195 e. The molecule has 0 saturated heterocycles. The molecule has 1 aliphatic rings. The molecule has 6 nitrogen and oxygen atoms in total. The highest BCUT2D eigenvalue weighted by Gasteiger charge is 2.20. The number of halogens is 1. The molecule has 0 heterocycles. The minimum Gasteiger partial charge on any atom is -0.493 e. The van der Waals surface area contributed by atoms with Gasteiger partial charge in [0, 0.05) is 52.1 Å². The molecule has 0 spiro atoms. The molecule has 0 amide bonds. The summed E-state index contributed by atoms with van der Waals surface area (Å²) >= 11 is 0. The molecule has 0 atom stereocenters. The molecule has 0 unspecified atom stereocenters. The lowest BCUT2D eigenvalue weighted by Crippen LogP contribution is -2.33. The van der Waals surface area contributed by atoms with Crippen LogP contribution in [0.15, 0.2) is 29.3 Å². The Morgan fingerprint density at radius 3 is 2.80 bits per heavy atom. The summed E-state index contributed by atoms with van der Waals surface area (Å²) in [5.74, 6) is 2.36. The summed E-state index contributed by atoms with van der Waals surface area (Å²) in [6.07, 6.45) is 3.51. The van der Waals surface area contributed by atoms with E-state index < -0.39 is 0 Å². The maximum atomic E-state index is 5.71. The molecule has 25 heavy (non-hydrogen) atoms. The van der Waals surface area contributed by atoms with Gasteiger partial charge in [-0.3, -0.25) is 4.99 Å². The predicted molar refractivity (Wildman–Crippen MR) is 112 cm³/mol. The fourth-order valence-corrected chi connectivity index (χ4v) is 2.15. The van der Waals surface area contributed by atoms with Crippen LogP contribution in [0.1, 0.15) is 19.3 Å². The van der Waals surface area contributed by atoms with Crippen LogP contribution >= 0.6 is 24.0 Å². The van der Waals surface area contributed by atoms with Gasteiger partial charge in [0.05, 0.1) is 13.2 Å². The van der Waals surface area contributed by atoms with E-state index in [2.05, 4.69) is 15.6 Å². The molecule has 1 aliphatic carbocycles. The zero-order valence-electron chi connectivity index (χ0n) is 15.1. The van der Waals surface area contributed by atoms with Gasteiger partial charge in [-0.15, -0.1) is 24.0 Å². The van der Waals surface area contributed by atoms with Gasteiger partial charge in [-0.05, 0) is 30.9 Å². The van der Waals surface area contributed by atoms with Gasteiger partial charge < -0.3 is 24.8 Å². The summed E-state index contributed by atoms with van der Waals surface area (Å²) < 4.78 is 16.3. The first-order chi connectivity index (χ1) is 11.8. The van der Waals surface area contributed by atoms with E-state index in [1.54, 1.807) is 14.2 Å². The van der Waals surface area contributed by atoms with Crippen molar-refractivity contribution >= 4 is 35.6 Å². The second kappa shape index (κ2) is 13.2. The van der Waals surface area contributed by atoms with E-state index in [9.17, 15) is 0 Å². The lowest BCUT2D eigenvalue weighted by atomic mass is 10.3. The maximum absolute atomic E-state index is 5.71. The molecule has 2 rings (SSSR count). The number of hydrogen-bond donors (Lipinski definition) is 2. The fourth-order valence-electron chi connectivity index (χ4n) is 2.15. The van der Waals surface area contributed by atoms with Crippen molar-refractivity contribution in [3.63, 3.8) is 0 Å². The van der Waals surface area contributed by atoms with Gasteiger partial charge in [0.1, 0.15) is 5.75 Å². The number of aliphatic imine (C=N–C) groups is 1. The van der Waals surface area contributed by atoms with Crippen molar-refractivity contribution in [2.75, 3.05) is 52.4 Å². The Labute approximate surface area is 167 Å². The van der Waals surface area contributed by atoms with Crippen LogP contribution in [0.25, 0.3) is 0 Å². The molecule has 2 N–H and O–H groups in total. The van der Waals surface area contributed by atoms with Crippen molar-refractivity contribution in [3.05, 3.63) is 24.3 Å². The van der Waals surface area contributed by atoms with Gasteiger partial charge in [0.25, 0.3) is 0 Å². The average Bonchev–Trinajstić information content (AvgIpc) is 3.42. The van der Waals surface area contributed by atoms with Crippen LogP contribution < -0.4 is 15.4 Å². The van der Waals surface area contributed by atoms with Gasteiger partial charge in [-0.1, -0.05) is 6.07 Å². The fraction of sp³-hybridized carbons (Fsp3) is 0.611. The Balaban J connectivity index is 0.00000312. The van der Waals surface area contributed by atoms with Crippen LogP contribution in [0.2, 0.25) is 0 Å². The Kier molecular flexibility index (Phi) is 11.6. The first kappa shape index (κ1) is 22.0. The van der Waals surface area contributed by atoms with Crippen molar-refractivity contribution in [1.82, 2.24) is 5.32 Å². The summed E-state index contributed by atoms with van der Waals surface area (Å²) in [6.45, 7) is 3.66. The molecule has 1 saturated carbocycles. The molecule has 1 aromatic carbocycles.